The van der Waals surface area contributed by atoms with Crippen LogP contribution >= 0.6 is 0 Å². The predicted molar refractivity (Wildman–Crippen MR) is 69.6 cm³/mol. The first-order valence-electron chi connectivity index (χ1n) is 7.05. The van der Waals surface area contributed by atoms with E-state index in [1.165, 1.54) is 6.92 Å². The van der Waals surface area contributed by atoms with E-state index in [9.17, 15) is 9.59 Å². The van der Waals surface area contributed by atoms with Crippen LogP contribution in [0.15, 0.2) is 0 Å². The van der Waals surface area contributed by atoms with Crippen LogP contribution in [-0.4, -0.2) is 36.9 Å². The standard InChI is InChI=1S/C14H24O5/c1-4-11-9-13(19-14(16)5-2)12(18-11)7-6-8-17-10(3)15/h11-13H,4-9H2,1-3H3/t11-,12+,13+/m0/s1. The molecular formula is C14H24O5. The Bertz CT molecular complexity index is 302. The summed E-state index contributed by atoms with van der Waals surface area (Å²) in [5.41, 5.74) is 0. The lowest BCUT2D eigenvalue weighted by Crippen LogP contribution is -2.27. The maximum atomic E-state index is 11.4. The van der Waals surface area contributed by atoms with Crippen molar-refractivity contribution < 1.29 is 23.8 Å². The van der Waals surface area contributed by atoms with Crippen LogP contribution in [0.3, 0.4) is 0 Å². The number of carbonyl (C=O) groups excluding carboxylic acids is 2. The van der Waals surface area contributed by atoms with Crippen LogP contribution in [0.4, 0.5) is 0 Å². The smallest absolute Gasteiger partial charge is 0.305 e. The molecule has 1 heterocycles. The second-order valence-electron chi connectivity index (χ2n) is 4.80. The lowest BCUT2D eigenvalue weighted by molar-refractivity contribution is -0.151. The van der Waals surface area contributed by atoms with Gasteiger partial charge in [-0.3, -0.25) is 9.59 Å². The van der Waals surface area contributed by atoms with Crippen molar-refractivity contribution in [2.24, 2.45) is 0 Å². The molecule has 1 rings (SSSR count). The highest BCUT2D eigenvalue weighted by molar-refractivity contribution is 5.69. The van der Waals surface area contributed by atoms with Crippen LogP contribution < -0.4 is 0 Å². The van der Waals surface area contributed by atoms with Crippen molar-refractivity contribution >= 4 is 11.9 Å². The van der Waals surface area contributed by atoms with Crippen LogP contribution in [0.5, 0.6) is 0 Å². The van der Waals surface area contributed by atoms with E-state index in [0.717, 1.165) is 25.7 Å². The molecule has 0 aromatic rings. The van der Waals surface area contributed by atoms with Gasteiger partial charge >= 0.3 is 11.9 Å². The molecule has 1 fully saturated rings. The van der Waals surface area contributed by atoms with E-state index < -0.39 is 0 Å². The largest absolute Gasteiger partial charge is 0.466 e. The molecule has 0 aromatic carbocycles. The molecule has 0 aromatic heterocycles. The molecule has 0 amide bonds. The average molecular weight is 272 g/mol. The normalized spacial score (nSPS) is 26.2. The fourth-order valence-electron chi connectivity index (χ4n) is 2.19. The quantitative estimate of drug-likeness (QED) is 0.525. The third-order valence-electron chi connectivity index (χ3n) is 3.24. The maximum absolute atomic E-state index is 11.4. The number of ether oxygens (including phenoxy) is 3. The van der Waals surface area contributed by atoms with Gasteiger partial charge in [0.2, 0.25) is 0 Å². The van der Waals surface area contributed by atoms with Crippen molar-refractivity contribution in [1.82, 2.24) is 0 Å². The van der Waals surface area contributed by atoms with Crippen molar-refractivity contribution in [3.05, 3.63) is 0 Å². The van der Waals surface area contributed by atoms with Gasteiger partial charge in [0.05, 0.1) is 18.8 Å². The minimum absolute atomic E-state index is 0.0731. The van der Waals surface area contributed by atoms with Crippen LogP contribution in [0.1, 0.15) is 52.9 Å². The lowest BCUT2D eigenvalue weighted by Gasteiger charge is -2.18. The third kappa shape index (κ3) is 5.59. The van der Waals surface area contributed by atoms with E-state index in [4.69, 9.17) is 14.2 Å². The highest BCUT2D eigenvalue weighted by Gasteiger charge is 2.36. The molecule has 19 heavy (non-hydrogen) atoms. The molecule has 0 unspecified atom stereocenters. The summed E-state index contributed by atoms with van der Waals surface area (Å²) >= 11 is 0. The average Bonchev–Trinajstić information content (AvgIpc) is 2.76. The molecule has 0 N–H and O–H groups in total. The second-order valence-corrected chi connectivity index (χ2v) is 4.80. The van der Waals surface area contributed by atoms with Gasteiger partial charge in [-0.1, -0.05) is 13.8 Å². The molecule has 0 saturated carbocycles. The molecule has 5 nitrogen and oxygen atoms in total. The monoisotopic (exact) mass is 272 g/mol. The summed E-state index contributed by atoms with van der Waals surface area (Å²) in [5.74, 6) is -0.455. The van der Waals surface area contributed by atoms with Gasteiger partial charge in [-0.25, -0.2) is 0 Å². The highest BCUT2D eigenvalue weighted by atomic mass is 16.6. The molecular weight excluding hydrogens is 248 g/mol. The van der Waals surface area contributed by atoms with Crippen molar-refractivity contribution in [3.8, 4) is 0 Å². The molecule has 110 valence electrons. The van der Waals surface area contributed by atoms with Gasteiger partial charge in [0, 0.05) is 19.8 Å². The molecule has 1 aliphatic heterocycles. The van der Waals surface area contributed by atoms with Gasteiger partial charge in [-0.05, 0) is 19.3 Å². The van der Waals surface area contributed by atoms with E-state index >= 15 is 0 Å². The Kier molecular flexibility index (Phi) is 6.84. The second kappa shape index (κ2) is 8.15. The van der Waals surface area contributed by atoms with E-state index in [-0.39, 0.29) is 30.3 Å². The Morgan fingerprint density at radius 3 is 2.63 bits per heavy atom. The van der Waals surface area contributed by atoms with Crippen molar-refractivity contribution in [2.45, 2.75) is 71.2 Å². The minimum Gasteiger partial charge on any atom is -0.466 e. The maximum Gasteiger partial charge on any atom is 0.305 e. The molecule has 0 aliphatic carbocycles. The summed E-state index contributed by atoms with van der Waals surface area (Å²) in [5, 5.41) is 0. The topological polar surface area (TPSA) is 61.8 Å². The molecule has 1 aliphatic rings. The number of rotatable bonds is 7. The van der Waals surface area contributed by atoms with Crippen molar-refractivity contribution in [2.75, 3.05) is 6.61 Å². The summed E-state index contributed by atoms with van der Waals surface area (Å²) in [6.07, 6.45) is 3.46. The first-order chi connectivity index (χ1) is 9.06. The van der Waals surface area contributed by atoms with Crippen LogP contribution in [-0.2, 0) is 23.8 Å². The Hall–Kier alpha value is -1.10. The molecule has 5 heteroatoms. The summed E-state index contributed by atoms with van der Waals surface area (Å²) in [7, 11) is 0. The van der Waals surface area contributed by atoms with Crippen LogP contribution in [0.25, 0.3) is 0 Å². The van der Waals surface area contributed by atoms with Gasteiger partial charge in [-0.15, -0.1) is 0 Å². The van der Waals surface area contributed by atoms with Gasteiger partial charge in [0.1, 0.15) is 6.10 Å². The minimum atomic E-state index is -0.271. The first kappa shape index (κ1) is 16.0. The van der Waals surface area contributed by atoms with E-state index in [2.05, 4.69) is 6.92 Å². The fraction of sp³-hybridized carbons (Fsp3) is 0.857. The number of esters is 2. The zero-order valence-corrected chi connectivity index (χ0v) is 12.0. The zero-order valence-electron chi connectivity index (χ0n) is 12.0. The summed E-state index contributed by atoms with van der Waals surface area (Å²) < 4.78 is 16.2. The Balaban J connectivity index is 2.38. The molecule has 0 radical (unpaired) electrons. The van der Waals surface area contributed by atoms with E-state index in [1.54, 1.807) is 6.92 Å². The van der Waals surface area contributed by atoms with E-state index in [0.29, 0.717) is 13.0 Å². The zero-order chi connectivity index (χ0) is 14.3. The lowest BCUT2D eigenvalue weighted by atomic mass is 10.1. The van der Waals surface area contributed by atoms with Crippen molar-refractivity contribution in [1.29, 1.82) is 0 Å². The van der Waals surface area contributed by atoms with Gasteiger partial charge in [0.25, 0.3) is 0 Å². The predicted octanol–water partition coefficient (Wildman–Crippen LogP) is 2.22. The summed E-state index contributed by atoms with van der Waals surface area (Å²) in [6.45, 7) is 5.63. The Morgan fingerprint density at radius 1 is 1.32 bits per heavy atom. The first-order valence-corrected chi connectivity index (χ1v) is 7.05. The SMILES string of the molecule is CCC(=O)O[C@@H]1C[C@H](CC)O[C@@H]1CCCOC(C)=O. The molecule has 3 atom stereocenters. The fourth-order valence-corrected chi connectivity index (χ4v) is 2.19. The molecule has 0 spiro atoms. The Labute approximate surface area is 114 Å². The molecule has 0 bridgehead atoms. The van der Waals surface area contributed by atoms with Crippen LogP contribution in [0, 0.1) is 0 Å². The highest BCUT2D eigenvalue weighted by Crippen LogP contribution is 2.28. The number of hydrogen-bond donors (Lipinski definition) is 0. The number of carbonyl (C=O) groups is 2. The summed E-state index contributed by atoms with van der Waals surface area (Å²) in [6, 6.07) is 0. The van der Waals surface area contributed by atoms with Gasteiger partial charge < -0.3 is 14.2 Å². The number of hydrogen-bond acceptors (Lipinski definition) is 5. The van der Waals surface area contributed by atoms with Gasteiger partial charge in [-0.2, -0.15) is 0 Å². The summed E-state index contributed by atoms with van der Waals surface area (Å²) in [4.78, 5) is 22.0. The van der Waals surface area contributed by atoms with Crippen LogP contribution in [0.2, 0.25) is 0 Å². The molecule has 1 saturated heterocycles. The third-order valence-corrected chi connectivity index (χ3v) is 3.24. The Morgan fingerprint density at radius 2 is 2.05 bits per heavy atom. The van der Waals surface area contributed by atoms with Gasteiger partial charge in [0.15, 0.2) is 0 Å². The van der Waals surface area contributed by atoms with Crippen molar-refractivity contribution in [3.63, 3.8) is 0 Å². The van der Waals surface area contributed by atoms with E-state index in [1.807, 2.05) is 0 Å².